The molecule has 0 bridgehead atoms. The number of carbonyl (C=O) groups excluding carboxylic acids is 1. The van der Waals surface area contributed by atoms with Crippen LogP contribution < -0.4 is 5.32 Å². The first kappa shape index (κ1) is 17.0. The fourth-order valence-electron chi connectivity index (χ4n) is 2.52. The van der Waals surface area contributed by atoms with Gasteiger partial charge in [0.25, 0.3) is 0 Å². The van der Waals surface area contributed by atoms with E-state index in [0.29, 0.717) is 38.4 Å². The Labute approximate surface area is 121 Å². The smallest absolute Gasteiger partial charge is 0.306 e. The number of carbonyl (C=O) groups is 2. The Morgan fingerprint density at radius 1 is 1.20 bits per heavy atom. The van der Waals surface area contributed by atoms with E-state index in [4.69, 9.17) is 5.11 Å². The van der Waals surface area contributed by atoms with Crippen molar-refractivity contribution in [2.75, 3.05) is 19.6 Å². The second-order valence-corrected chi connectivity index (χ2v) is 6.33. The van der Waals surface area contributed by atoms with Crippen LogP contribution in [-0.2, 0) is 9.59 Å². The van der Waals surface area contributed by atoms with Gasteiger partial charge in [0.2, 0.25) is 5.91 Å². The number of likely N-dealkylation sites (tertiary alicyclic amines) is 1. The third-order valence-electron chi connectivity index (χ3n) is 3.89. The van der Waals surface area contributed by atoms with Crippen LogP contribution in [0.15, 0.2) is 0 Å². The van der Waals surface area contributed by atoms with E-state index < -0.39 is 5.97 Å². The molecule has 5 nitrogen and oxygen atoms in total. The Bertz CT molecular complexity index is 323. The zero-order valence-electron chi connectivity index (χ0n) is 12.9. The quantitative estimate of drug-likeness (QED) is 0.747. The Kier molecular flexibility index (Phi) is 6.99. The van der Waals surface area contributed by atoms with Gasteiger partial charge in [0.15, 0.2) is 0 Å². The van der Waals surface area contributed by atoms with Crippen LogP contribution in [0.5, 0.6) is 0 Å². The molecule has 0 radical (unpaired) electrons. The number of rotatable bonds is 7. The van der Waals surface area contributed by atoms with Gasteiger partial charge < -0.3 is 10.4 Å². The Balaban J connectivity index is 2.21. The molecule has 1 unspecified atom stereocenters. The van der Waals surface area contributed by atoms with Gasteiger partial charge in [-0.05, 0) is 51.6 Å². The van der Waals surface area contributed by atoms with Crippen molar-refractivity contribution in [3.05, 3.63) is 0 Å². The van der Waals surface area contributed by atoms with E-state index >= 15 is 0 Å². The van der Waals surface area contributed by atoms with E-state index in [-0.39, 0.29) is 17.9 Å². The van der Waals surface area contributed by atoms with E-state index in [2.05, 4.69) is 19.2 Å². The fraction of sp³-hybridized carbons (Fsp3) is 0.867. The van der Waals surface area contributed by atoms with Crippen molar-refractivity contribution >= 4 is 11.9 Å². The van der Waals surface area contributed by atoms with Crippen molar-refractivity contribution in [2.24, 2.45) is 11.8 Å². The Morgan fingerprint density at radius 3 is 2.30 bits per heavy atom. The number of carboxylic acid groups (broad SMARTS) is 1. The molecule has 0 spiro atoms. The van der Waals surface area contributed by atoms with E-state index in [1.807, 2.05) is 11.8 Å². The highest BCUT2D eigenvalue weighted by Crippen LogP contribution is 2.16. The summed E-state index contributed by atoms with van der Waals surface area (Å²) in [7, 11) is 0. The number of piperidine rings is 1. The van der Waals surface area contributed by atoms with Crippen LogP contribution in [0.3, 0.4) is 0 Å². The molecule has 20 heavy (non-hydrogen) atoms. The zero-order valence-corrected chi connectivity index (χ0v) is 12.9. The van der Waals surface area contributed by atoms with Crippen LogP contribution in [-0.4, -0.2) is 47.6 Å². The molecule has 1 saturated heterocycles. The van der Waals surface area contributed by atoms with E-state index in [0.717, 1.165) is 12.8 Å². The van der Waals surface area contributed by atoms with Crippen molar-refractivity contribution in [1.29, 1.82) is 0 Å². The maximum absolute atomic E-state index is 11.9. The molecule has 1 aliphatic heterocycles. The number of nitrogens with one attached hydrogen (secondary N) is 1. The first-order valence-electron chi connectivity index (χ1n) is 7.63. The predicted octanol–water partition coefficient (Wildman–Crippen LogP) is 1.72. The molecule has 116 valence electrons. The highest BCUT2D eigenvalue weighted by molar-refractivity contribution is 5.78. The largest absolute Gasteiger partial charge is 0.481 e. The summed E-state index contributed by atoms with van der Waals surface area (Å²) in [5.74, 6) is -0.241. The second-order valence-electron chi connectivity index (χ2n) is 6.33. The lowest BCUT2D eigenvalue weighted by Gasteiger charge is -2.29. The molecule has 1 amide bonds. The van der Waals surface area contributed by atoms with Gasteiger partial charge in [0.05, 0.1) is 12.5 Å². The maximum Gasteiger partial charge on any atom is 0.306 e. The monoisotopic (exact) mass is 284 g/mol. The van der Waals surface area contributed by atoms with Crippen molar-refractivity contribution in [1.82, 2.24) is 10.2 Å². The molecule has 2 N–H and O–H groups in total. The van der Waals surface area contributed by atoms with Crippen LogP contribution in [0.25, 0.3) is 0 Å². The maximum atomic E-state index is 11.9. The van der Waals surface area contributed by atoms with Crippen molar-refractivity contribution in [3.63, 3.8) is 0 Å². The molecule has 1 heterocycles. The number of aliphatic carboxylic acids is 1. The molecule has 0 aromatic heterocycles. The Morgan fingerprint density at radius 2 is 1.80 bits per heavy atom. The molecule has 0 aliphatic carbocycles. The summed E-state index contributed by atoms with van der Waals surface area (Å²) in [6.07, 6.45) is 3.41. The average molecular weight is 284 g/mol. The molecule has 1 aliphatic rings. The molecule has 0 aromatic rings. The third kappa shape index (κ3) is 6.37. The van der Waals surface area contributed by atoms with E-state index in [1.165, 1.54) is 0 Å². The van der Waals surface area contributed by atoms with Gasteiger partial charge in [0, 0.05) is 6.04 Å². The van der Waals surface area contributed by atoms with Crippen LogP contribution >= 0.6 is 0 Å². The van der Waals surface area contributed by atoms with Gasteiger partial charge in [-0.2, -0.15) is 0 Å². The van der Waals surface area contributed by atoms with Gasteiger partial charge in [0.1, 0.15) is 0 Å². The minimum Gasteiger partial charge on any atom is -0.481 e. The first-order chi connectivity index (χ1) is 9.38. The summed E-state index contributed by atoms with van der Waals surface area (Å²) in [5.41, 5.74) is 0. The van der Waals surface area contributed by atoms with Crippen molar-refractivity contribution in [3.8, 4) is 0 Å². The summed E-state index contributed by atoms with van der Waals surface area (Å²) in [6, 6.07) is 0.210. The van der Waals surface area contributed by atoms with E-state index in [9.17, 15) is 9.59 Å². The van der Waals surface area contributed by atoms with Crippen LogP contribution in [0.4, 0.5) is 0 Å². The highest BCUT2D eigenvalue weighted by atomic mass is 16.4. The molecule has 1 atom stereocenters. The summed E-state index contributed by atoms with van der Waals surface area (Å²) < 4.78 is 0. The molecule has 1 rings (SSSR count). The van der Waals surface area contributed by atoms with Crippen molar-refractivity contribution in [2.45, 2.75) is 52.5 Å². The lowest BCUT2D eigenvalue weighted by atomic mass is 9.97. The predicted molar refractivity (Wildman–Crippen MR) is 78.5 cm³/mol. The lowest BCUT2D eigenvalue weighted by molar-refractivity contribution is -0.143. The first-order valence-corrected chi connectivity index (χ1v) is 7.63. The minimum absolute atomic E-state index is 0.0510. The number of nitrogens with zero attached hydrogens (tertiary/aromatic N) is 1. The minimum atomic E-state index is -0.712. The Hall–Kier alpha value is -1.10. The average Bonchev–Trinajstić information content (AvgIpc) is 2.36. The number of amides is 1. The normalized spacial score (nSPS) is 19.0. The summed E-state index contributed by atoms with van der Waals surface area (Å²) in [4.78, 5) is 24.8. The van der Waals surface area contributed by atoms with Crippen LogP contribution in [0.1, 0.15) is 46.5 Å². The second kappa shape index (κ2) is 8.25. The molecular formula is C15H28N2O3. The van der Waals surface area contributed by atoms with Crippen molar-refractivity contribution < 1.29 is 14.7 Å². The van der Waals surface area contributed by atoms with E-state index in [1.54, 1.807) is 0 Å². The zero-order chi connectivity index (χ0) is 15.1. The van der Waals surface area contributed by atoms with Gasteiger partial charge >= 0.3 is 5.97 Å². The van der Waals surface area contributed by atoms with Crippen LogP contribution in [0.2, 0.25) is 0 Å². The lowest BCUT2D eigenvalue weighted by Crippen LogP contribution is -2.44. The summed E-state index contributed by atoms with van der Waals surface area (Å²) in [6.45, 7) is 8.19. The highest BCUT2D eigenvalue weighted by Gasteiger charge is 2.25. The van der Waals surface area contributed by atoms with Gasteiger partial charge in [-0.15, -0.1) is 0 Å². The standard InChI is InChI=1S/C15H28N2O3/c1-11(2)4-5-12(3)16-14(18)10-17-8-6-13(7-9-17)15(19)20/h11-13H,4-10H2,1-3H3,(H,16,18)(H,19,20). The number of hydrogen-bond acceptors (Lipinski definition) is 3. The topological polar surface area (TPSA) is 69.6 Å². The summed E-state index contributed by atoms with van der Waals surface area (Å²) in [5, 5.41) is 12.0. The van der Waals surface area contributed by atoms with Gasteiger partial charge in [-0.1, -0.05) is 13.8 Å². The summed E-state index contributed by atoms with van der Waals surface area (Å²) >= 11 is 0. The van der Waals surface area contributed by atoms with Gasteiger partial charge in [-0.3, -0.25) is 14.5 Å². The molecule has 0 saturated carbocycles. The number of hydrogen-bond donors (Lipinski definition) is 2. The molecule has 0 aromatic carbocycles. The molecular weight excluding hydrogens is 256 g/mol. The third-order valence-corrected chi connectivity index (χ3v) is 3.89. The fourth-order valence-corrected chi connectivity index (χ4v) is 2.52. The molecule has 1 fully saturated rings. The van der Waals surface area contributed by atoms with Gasteiger partial charge in [-0.25, -0.2) is 0 Å². The number of carboxylic acids is 1. The molecule has 5 heteroatoms. The SMILES string of the molecule is CC(C)CCC(C)NC(=O)CN1CCC(C(=O)O)CC1. The van der Waals surface area contributed by atoms with Crippen LogP contribution in [0, 0.1) is 11.8 Å².